The number of hydrogen-bond acceptors (Lipinski definition) is 3. The molecule has 3 rings (SSSR count). The maximum Gasteiger partial charge on any atom is 0.191 e. The van der Waals surface area contributed by atoms with Crippen LogP contribution in [0.4, 0.5) is 0 Å². The van der Waals surface area contributed by atoms with Crippen LogP contribution in [0.3, 0.4) is 0 Å². The second-order valence-corrected chi connectivity index (χ2v) is 6.99. The van der Waals surface area contributed by atoms with Gasteiger partial charge in [0.15, 0.2) is 5.96 Å². The predicted molar refractivity (Wildman–Crippen MR) is 103 cm³/mol. The first kappa shape index (κ1) is 17.8. The van der Waals surface area contributed by atoms with E-state index in [2.05, 4.69) is 40.1 Å². The SMILES string of the molecule is C=CCOc1ccccc1CNC(=NC)NC1CC(C)N(C2CC2)C1. The van der Waals surface area contributed by atoms with E-state index in [1.54, 1.807) is 6.08 Å². The Morgan fingerprint density at radius 3 is 2.92 bits per heavy atom. The van der Waals surface area contributed by atoms with Gasteiger partial charge >= 0.3 is 0 Å². The zero-order chi connectivity index (χ0) is 17.6. The molecule has 2 atom stereocenters. The standard InChI is InChI=1S/C20H30N4O/c1-4-11-25-19-8-6-5-7-16(19)13-22-20(21-3)23-17-12-15(2)24(14-17)18-9-10-18/h4-8,15,17-18H,1,9-14H2,2-3H3,(H2,21,22,23). The molecule has 25 heavy (non-hydrogen) atoms. The Kier molecular flexibility index (Phi) is 5.97. The number of likely N-dealkylation sites (tertiary alicyclic amines) is 1. The van der Waals surface area contributed by atoms with Crippen LogP contribution in [0.5, 0.6) is 5.75 Å². The lowest BCUT2D eigenvalue weighted by atomic mass is 10.2. The summed E-state index contributed by atoms with van der Waals surface area (Å²) in [6, 6.07) is 10.0. The lowest BCUT2D eigenvalue weighted by Crippen LogP contribution is -2.44. The molecule has 1 aliphatic heterocycles. The van der Waals surface area contributed by atoms with Gasteiger partial charge in [0.2, 0.25) is 0 Å². The van der Waals surface area contributed by atoms with Gasteiger partial charge in [0.25, 0.3) is 0 Å². The van der Waals surface area contributed by atoms with Crippen LogP contribution in [-0.4, -0.2) is 49.2 Å². The molecule has 2 aliphatic rings. The van der Waals surface area contributed by atoms with Crippen LogP contribution in [0.15, 0.2) is 41.9 Å². The van der Waals surface area contributed by atoms with Gasteiger partial charge in [-0.3, -0.25) is 9.89 Å². The number of ether oxygens (including phenoxy) is 1. The Hall–Kier alpha value is -2.01. The third-order valence-corrected chi connectivity index (χ3v) is 4.98. The quantitative estimate of drug-likeness (QED) is 0.454. The molecule has 5 nitrogen and oxygen atoms in total. The van der Waals surface area contributed by atoms with Crippen molar-refractivity contribution in [2.45, 2.75) is 50.9 Å². The molecule has 5 heteroatoms. The van der Waals surface area contributed by atoms with Crippen molar-refractivity contribution in [2.75, 3.05) is 20.2 Å². The number of para-hydroxylation sites is 1. The van der Waals surface area contributed by atoms with Crippen molar-refractivity contribution in [2.24, 2.45) is 4.99 Å². The lowest BCUT2D eigenvalue weighted by Gasteiger charge is -2.20. The summed E-state index contributed by atoms with van der Waals surface area (Å²) in [6.07, 6.45) is 5.67. The maximum atomic E-state index is 5.72. The molecular weight excluding hydrogens is 312 g/mol. The van der Waals surface area contributed by atoms with Crippen LogP contribution in [0.25, 0.3) is 0 Å². The van der Waals surface area contributed by atoms with Crippen LogP contribution in [0.1, 0.15) is 31.7 Å². The molecule has 2 N–H and O–H groups in total. The molecule has 0 spiro atoms. The molecule has 1 saturated heterocycles. The molecule has 1 aromatic carbocycles. The Labute approximate surface area is 151 Å². The summed E-state index contributed by atoms with van der Waals surface area (Å²) in [4.78, 5) is 7.03. The maximum absolute atomic E-state index is 5.72. The molecule has 1 aromatic rings. The van der Waals surface area contributed by atoms with Gasteiger partial charge in [0, 0.05) is 43.8 Å². The molecule has 136 valence electrons. The highest BCUT2D eigenvalue weighted by Crippen LogP contribution is 2.33. The van der Waals surface area contributed by atoms with Crippen molar-refractivity contribution in [3.63, 3.8) is 0 Å². The van der Waals surface area contributed by atoms with E-state index in [1.165, 1.54) is 19.3 Å². The number of nitrogens with one attached hydrogen (secondary N) is 2. The number of rotatable bonds is 7. The summed E-state index contributed by atoms with van der Waals surface area (Å²) >= 11 is 0. The second kappa shape index (κ2) is 8.39. The van der Waals surface area contributed by atoms with Crippen LogP contribution in [0.2, 0.25) is 0 Å². The van der Waals surface area contributed by atoms with Crippen LogP contribution in [0, 0.1) is 0 Å². The van der Waals surface area contributed by atoms with Crippen molar-refractivity contribution in [1.82, 2.24) is 15.5 Å². The van der Waals surface area contributed by atoms with Gasteiger partial charge in [0.1, 0.15) is 12.4 Å². The monoisotopic (exact) mass is 342 g/mol. The molecule has 2 unspecified atom stereocenters. The average molecular weight is 342 g/mol. The molecule has 0 radical (unpaired) electrons. The minimum absolute atomic E-state index is 0.467. The van der Waals surface area contributed by atoms with Crippen molar-refractivity contribution in [3.05, 3.63) is 42.5 Å². The van der Waals surface area contributed by atoms with Gasteiger partial charge in [-0.25, -0.2) is 0 Å². The third-order valence-electron chi connectivity index (χ3n) is 4.98. The molecule has 0 bridgehead atoms. The van der Waals surface area contributed by atoms with Gasteiger partial charge < -0.3 is 15.4 Å². The molecule has 0 aromatic heterocycles. The highest BCUT2D eigenvalue weighted by molar-refractivity contribution is 5.80. The van der Waals surface area contributed by atoms with Crippen molar-refractivity contribution >= 4 is 5.96 Å². The Balaban J connectivity index is 1.52. The van der Waals surface area contributed by atoms with E-state index in [0.717, 1.165) is 29.9 Å². The van der Waals surface area contributed by atoms with Crippen LogP contribution >= 0.6 is 0 Å². The summed E-state index contributed by atoms with van der Waals surface area (Å²) in [5, 5.41) is 7.00. The summed E-state index contributed by atoms with van der Waals surface area (Å²) in [5.74, 6) is 1.74. The minimum Gasteiger partial charge on any atom is -0.489 e. The molecule has 1 heterocycles. The second-order valence-electron chi connectivity index (χ2n) is 6.99. The fourth-order valence-electron chi connectivity index (χ4n) is 3.58. The third kappa shape index (κ3) is 4.75. The first-order valence-electron chi connectivity index (χ1n) is 9.25. The first-order chi connectivity index (χ1) is 12.2. The van der Waals surface area contributed by atoms with E-state index in [0.29, 0.717) is 25.2 Å². The van der Waals surface area contributed by atoms with Crippen molar-refractivity contribution < 1.29 is 4.74 Å². The van der Waals surface area contributed by atoms with Crippen molar-refractivity contribution in [3.8, 4) is 5.75 Å². The molecule has 2 fully saturated rings. The molecule has 1 aliphatic carbocycles. The van der Waals surface area contributed by atoms with E-state index < -0.39 is 0 Å². The average Bonchev–Trinajstić information content (AvgIpc) is 3.40. The number of benzene rings is 1. The largest absolute Gasteiger partial charge is 0.489 e. The van der Waals surface area contributed by atoms with Crippen LogP contribution in [-0.2, 0) is 6.54 Å². The fraction of sp³-hybridized carbons (Fsp3) is 0.550. The number of nitrogens with zero attached hydrogens (tertiary/aromatic N) is 2. The van der Waals surface area contributed by atoms with Crippen molar-refractivity contribution in [1.29, 1.82) is 0 Å². The van der Waals surface area contributed by atoms with E-state index in [4.69, 9.17) is 4.74 Å². The smallest absolute Gasteiger partial charge is 0.191 e. The Morgan fingerprint density at radius 2 is 2.20 bits per heavy atom. The van der Waals surface area contributed by atoms with E-state index >= 15 is 0 Å². The summed E-state index contributed by atoms with van der Waals surface area (Å²) < 4.78 is 5.72. The minimum atomic E-state index is 0.467. The lowest BCUT2D eigenvalue weighted by molar-refractivity contribution is 0.256. The Morgan fingerprint density at radius 1 is 1.40 bits per heavy atom. The van der Waals surface area contributed by atoms with E-state index in [-0.39, 0.29) is 0 Å². The molecule has 0 amide bonds. The highest BCUT2D eigenvalue weighted by atomic mass is 16.5. The molecular formula is C20H30N4O. The van der Waals surface area contributed by atoms with Gasteiger partial charge in [-0.2, -0.15) is 0 Å². The summed E-state index contributed by atoms with van der Waals surface area (Å²) in [5.41, 5.74) is 1.12. The van der Waals surface area contributed by atoms with E-state index in [1.807, 2.05) is 25.2 Å². The number of guanidine groups is 1. The normalized spacial score (nSPS) is 24.2. The molecule has 1 saturated carbocycles. The Bertz CT molecular complexity index is 611. The predicted octanol–water partition coefficient (Wildman–Crippen LogP) is 2.54. The van der Waals surface area contributed by atoms with Gasteiger partial charge in [-0.1, -0.05) is 30.9 Å². The zero-order valence-corrected chi connectivity index (χ0v) is 15.4. The highest BCUT2D eigenvalue weighted by Gasteiger charge is 2.38. The summed E-state index contributed by atoms with van der Waals surface area (Å²) in [7, 11) is 1.83. The van der Waals surface area contributed by atoms with Gasteiger partial charge in [-0.15, -0.1) is 0 Å². The van der Waals surface area contributed by atoms with E-state index in [9.17, 15) is 0 Å². The zero-order valence-electron chi connectivity index (χ0n) is 15.4. The van der Waals surface area contributed by atoms with Gasteiger partial charge in [0.05, 0.1) is 0 Å². The first-order valence-corrected chi connectivity index (χ1v) is 9.25. The van der Waals surface area contributed by atoms with Gasteiger partial charge in [-0.05, 0) is 32.3 Å². The van der Waals surface area contributed by atoms with Crippen LogP contribution < -0.4 is 15.4 Å². The number of aliphatic imine (C=N–C) groups is 1. The summed E-state index contributed by atoms with van der Waals surface area (Å²) in [6.45, 7) is 8.36. The topological polar surface area (TPSA) is 48.9 Å². The number of hydrogen-bond donors (Lipinski definition) is 2. The fourth-order valence-corrected chi connectivity index (χ4v) is 3.58.